The highest BCUT2D eigenvalue weighted by molar-refractivity contribution is 5.82. The zero-order valence-electron chi connectivity index (χ0n) is 17.3. The van der Waals surface area contributed by atoms with E-state index in [0.29, 0.717) is 24.0 Å². The maximum atomic E-state index is 13.1. The number of ether oxygens (including phenoxy) is 1. The first kappa shape index (κ1) is 23.7. The number of rotatable bonds is 10. The molecule has 1 amide bonds. The van der Waals surface area contributed by atoms with E-state index in [9.17, 15) is 18.0 Å². The minimum atomic E-state index is -5.00. The Labute approximate surface area is 175 Å². The Kier molecular flexibility index (Phi) is 8.24. The van der Waals surface area contributed by atoms with Gasteiger partial charge in [-0.2, -0.15) is 13.2 Å². The number of carbonyl (C=O) groups excluding carboxylic acids is 1. The van der Waals surface area contributed by atoms with E-state index < -0.39 is 29.8 Å². The molecule has 1 N–H and O–H groups in total. The van der Waals surface area contributed by atoms with Gasteiger partial charge in [0.25, 0.3) is 0 Å². The molecular formula is C24H28F3NO2. The number of hydrogen-bond acceptors (Lipinski definition) is 2. The fraction of sp³-hybridized carbons (Fsp3) is 0.375. The molecule has 0 aliphatic carbocycles. The predicted octanol–water partition coefficient (Wildman–Crippen LogP) is 6.30. The second kappa shape index (κ2) is 10.4. The molecule has 0 aliphatic heterocycles. The van der Waals surface area contributed by atoms with Crippen molar-refractivity contribution in [1.29, 1.82) is 0 Å². The first-order valence-corrected chi connectivity index (χ1v) is 9.96. The van der Waals surface area contributed by atoms with Crippen LogP contribution < -0.4 is 5.32 Å². The van der Waals surface area contributed by atoms with Gasteiger partial charge in [-0.25, -0.2) is 0 Å². The first-order valence-electron chi connectivity index (χ1n) is 9.96. The lowest BCUT2D eigenvalue weighted by Gasteiger charge is -2.38. The van der Waals surface area contributed by atoms with Gasteiger partial charge in [-0.1, -0.05) is 80.1 Å². The highest BCUT2D eigenvalue weighted by Crippen LogP contribution is 2.39. The van der Waals surface area contributed by atoms with E-state index in [2.05, 4.69) is 11.9 Å². The van der Waals surface area contributed by atoms with Gasteiger partial charge in [0.15, 0.2) is 0 Å². The summed E-state index contributed by atoms with van der Waals surface area (Å²) in [5.74, 6) is -2.00. The average molecular weight is 419 g/mol. The van der Waals surface area contributed by atoms with Crippen LogP contribution in [0.15, 0.2) is 73.3 Å². The Bertz CT molecular complexity index is 808. The molecule has 3 nitrogen and oxygen atoms in total. The quantitative estimate of drug-likeness (QED) is 0.459. The smallest absolute Gasteiger partial charge is 0.365 e. The van der Waals surface area contributed by atoms with Crippen molar-refractivity contribution in [2.24, 2.45) is 0 Å². The minimum Gasteiger partial charge on any atom is -0.365 e. The summed E-state index contributed by atoms with van der Waals surface area (Å²) in [6.45, 7) is 7.73. The van der Waals surface area contributed by atoms with Crippen LogP contribution in [0.1, 0.15) is 56.4 Å². The molecule has 2 rings (SSSR count). The third-order valence-electron chi connectivity index (χ3n) is 4.90. The minimum absolute atomic E-state index is 0.527. The monoisotopic (exact) mass is 419 g/mol. The molecule has 0 bridgehead atoms. The number of amides is 1. The SMILES string of the molecule is C=CC[C@@](C)(CCC)O[C@@H](c1ccccc1)[C@H](NC(=O)C(F)(F)F)c1ccccc1. The van der Waals surface area contributed by atoms with Crippen LogP contribution >= 0.6 is 0 Å². The molecule has 0 saturated carbocycles. The molecule has 6 heteroatoms. The summed E-state index contributed by atoms with van der Waals surface area (Å²) in [4.78, 5) is 11.9. The van der Waals surface area contributed by atoms with E-state index in [-0.39, 0.29) is 0 Å². The molecule has 0 heterocycles. The van der Waals surface area contributed by atoms with E-state index in [0.717, 1.165) is 6.42 Å². The number of halogens is 3. The van der Waals surface area contributed by atoms with Crippen LogP contribution in [0, 0.1) is 0 Å². The van der Waals surface area contributed by atoms with Crippen LogP contribution in [0.5, 0.6) is 0 Å². The van der Waals surface area contributed by atoms with E-state index in [1.165, 1.54) is 0 Å². The molecule has 0 aromatic heterocycles. The standard InChI is InChI=1S/C24H28F3NO2/c1-4-16-23(3,17-5-2)30-21(19-14-10-7-11-15-19)20(18-12-8-6-9-13-18)28-22(29)24(25,26)27/h4,6-15,20-21H,1,5,16-17H2,2-3H3,(H,28,29)/t20-,21+,23+/m1/s1. The first-order chi connectivity index (χ1) is 14.2. The number of nitrogens with one attached hydrogen (secondary N) is 1. The Balaban J connectivity index is 2.54. The van der Waals surface area contributed by atoms with Crippen LogP contribution in [0.25, 0.3) is 0 Å². The van der Waals surface area contributed by atoms with Gasteiger partial charge in [0.1, 0.15) is 6.10 Å². The molecule has 0 saturated heterocycles. The molecule has 3 atom stereocenters. The van der Waals surface area contributed by atoms with Crippen LogP contribution in [-0.2, 0) is 9.53 Å². The number of hydrogen-bond donors (Lipinski definition) is 1. The number of alkyl halides is 3. The van der Waals surface area contributed by atoms with Crippen molar-refractivity contribution in [3.05, 3.63) is 84.4 Å². The normalized spacial score (nSPS) is 15.6. The van der Waals surface area contributed by atoms with Crippen LogP contribution in [0.4, 0.5) is 13.2 Å². The molecule has 2 aromatic carbocycles. The molecule has 0 unspecified atom stereocenters. The number of carbonyl (C=O) groups is 1. The van der Waals surface area contributed by atoms with Crippen molar-refractivity contribution in [3.8, 4) is 0 Å². The van der Waals surface area contributed by atoms with E-state index in [1.807, 2.05) is 19.9 Å². The third kappa shape index (κ3) is 6.46. The van der Waals surface area contributed by atoms with Crippen molar-refractivity contribution in [2.45, 2.75) is 57.0 Å². The van der Waals surface area contributed by atoms with E-state index in [4.69, 9.17) is 4.74 Å². The summed E-state index contributed by atoms with van der Waals surface area (Å²) in [5, 5.41) is 2.16. The van der Waals surface area contributed by atoms with Crippen molar-refractivity contribution in [1.82, 2.24) is 5.32 Å². The van der Waals surface area contributed by atoms with Gasteiger partial charge in [-0.05, 0) is 30.9 Å². The van der Waals surface area contributed by atoms with Gasteiger partial charge in [0, 0.05) is 0 Å². The summed E-state index contributed by atoms with van der Waals surface area (Å²) in [5.41, 5.74) is 0.564. The second-order valence-electron chi connectivity index (χ2n) is 7.50. The molecule has 30 heavy (non-hydrogen) atoms. The van der Waals surface area contributed by atoms with Crippen LogP contribution in [-0.4, -0.2) is 17.7 Å². The van der Waals surface area contributed by atoms with Crippen molar-refractivity contribution >= 4 is 5.91 Å². The van der Waals surface area contributed by atoms with Crippen molar-refractivity contribution < 1.29 is 22.7 Å². The topological polar surface area (TPSA) is 38.3 Å². The fourth-order valence-electron chi connectivity index (χ4n) is 3.54. The molecular weight excluding hydrogens is 391 g/mol. The van der Waals surface area contributed by atoms with Crippen molar-refractivity contribution in [3.63, 3.8) is 0 Å². The summed E-state index contributed by atoms with van der Waals surface area (Å²) >= 11 is 0. The maximum absolute atomic E-state index is 13.1. The summed E-state index contributed by atoms with van der Waals surface area (Å²) in [6, 6.07) is 16.6. The molecule has 0 spiro atoms. The van der Waals surface area contributed by atoms with Crippen molar-refractivity contribution in [2.75, 3.05) is 0 Å². The molecule has 2 aromatic rings. The van der Waals surface area contributed by atoms with Gasteiger partial charge in [-0.15, -0.1) is 6.58 Å². The lowest BCUT2D eigenvalue weighted by atomic mass is 9.91. The van der Waals surface area contributed by atoms with E-state index >= 15 is 0 Å². The summed E-state index contributed by atoms with van der Waals surface area (Å²) in [7, 11) is 0. The number of benzene rings is 2. The highest BCUT2D eigenvalue weighted by atomic mass is 19.4. The van der Waals surface area contributed by atoms with Gasteiger partial charge in [0.2, 0.25) is 0 Å². The highest BCUT2D eigenvalue weighted by Gasteiger charge is 2.42. The summed E-state index contributed by atoms with van der Waals surface area (Å²) in [6.07, 6.45) is -2.03. The molecule has 0 fully saturated rings. The Morgan fingerprint density at radius 1 is 1.07 bits per heavy atom. The van der Waals surface area contributed by atoms with Gasteiger partial charge in [-0.3, -0.25) is 4.79 Å². The maximum Gasteiger partial charge on any atom is 0.471 e. The van der Waals surface area contributed by atoms with E-state index in [1.54, 1.807) is 60.7 Å². The van der Waals surface area contributed by atoms with Gasteiger partial charge >= 0.3 is 12.1 Å². The molecule has 0 aliphatic rings. The molecule has 162 valence electrons. The Hall–Kier alpha value is -2.60. The fourth-order valence-corrected chi connectivity index (χ4v) is 3.54. The Morgan fingerprint density at radius 3 is 2.07 bits per heavy atom. The zero-order valence-corrected chi connectivity index (χ0v) is 17.3. The van der Waals surface area contributed by atoms with Crippen LogP contribution in [0.2, 0.25) is 0 Å². The predicted molar refractivity (Wildman–Crippen MR) is 112 cm³/mol. The zero-order chi connectivity index (χ0) is 22.2. The van der Waals surface area contributed by atoms with Crippen LogP contribution in [0.3, 0.4) is 0 Å². The van der Waals surface area contributed by atoms with Gasteiger partial charge in [0.05, 0.1) is 11.6 Å². The lowest BCUT2D eigenvalue weighted by molar-refractivity contribution is -0.177. The lowest BCUT2D eigenvalue weighted by Crippen LogP contribution is -2.43. The second-order valence-corrected chi connectivity index (χ2v) is 7.50. The Morgan fingerprint density at radius 2 is 1.60 bits per heavy atom. The third-order valence-corrected chi connectivity index (χ3v) is 4.90. The summed E-state index contributed by atoms with van der Waals surface area (Å²) < 4.78 is 45.8. The van der Waals surface area contributed by atoms with Gasteiger partial charge < -0.3 is 10.1 Å². The largest absolute Gasteiger partial charge is 0.471 e. The molecule has 0 radical (unpaired) electrons. The average Bonchev–Trinajstić information content (AvgIpc) is 2.71.